The number of thiophene rings is 1. The molecular weight excluding hydrogens is 716 g/mol. The summed E-state index contributed by atoms with van der Waals surface area (Å²) in [5, 5.41) is 3.54. The van der Waals surface area contributed by atoms with E-state index in [4.69, 9.17) is 0 Å². The Morgan fingerprint density at radius 3 is 1.29 bits per heavy atom. The molecule has 3 fully saturated rings. The van der Waals surface area contributed by atoms with Crippen molar-refractivity contribution in [3.05, 3.63) is 49.9 Å². The van der Waals surface area contributed by atoms with Crippen molar-refractivity contribution >= 4 is 54.4 Å². The molecule has 1 aromatic carbocycles. The van der Waals surface area contributed by atoms with Crippen molar-refractivity contribution in [1.29, 1.82) is 0 Å². The molecule has 9 heteroatoms. The molecule has 2 aliphatic heterocycles. The van der Waals surface area contributed by atoms with Gasteiger partial charge in [-0.25, -0.2) is 0 Å². The number of hydrogen-bond donors (Lipinski definition) is 0. The largest absolute Gasteiger partial charge is 0.673 e. The van der Waals surface area contributed by atoms with Gasteiger partial charge in [-0.1, -0.05) is 89.4 Å². The van der Waals surface area contributed by atoms with Crippen LogP contribution in [0.2, 0.25) is 0 Å². The van der Waals surface area contributed by atoms with Crippen molar-refractivity contribution in [2.45, 2.75) is 129 Å². The topological polar surface area (TPSA) is 0 Å². The molecule has 3 heterocycles. The molecule has 45 heavy (non-hydrogen) atoms. The summed E-state index contributed by atoms with van der Waals surface area (Å²) in [6, 6.07) is 9.49. The van der Waals surface area contributed by atoms with Crippen molar-refractivity contribution in [2.75, 3.05) is 0 Å². The fourth-order valence-electron chi connectivity index (χ4n) is 7.28. The van der Waals surface area contributed by atoms with Crippen molar-refractivity contribution in [1.82, 2.24) is 0 Å². The molecule has 0 N–H and O–H groups in total. The molecule has 1 aromatic heterocycles. The van der Waals surface area contributed by atoms with Crippen molar-refractivity contribution < 1.29 is 36.7 Å². The van der Waals surface area contributed by atoms with Gasteiger partial charge in [0.15, 0.2) is 0 Å². The van der Waals surface area contributed by atoms with Gasteiger partial charge in [0.25, 0.3) is 0 Å². The van der Waals surface area contributed by atoms with Crippen LogP contribution < -0.4 is 9.92 Å². The van der Waals surface area contributed by atoms with E-state index in [-0.39, 0.29) is 35.3 Å². The second kappa shape index (κ2) is 19.6. The van der Waals surface area contributed by atoms with Gasteiger partial charge < -0.3 is 17.3 Å². The molecule has 2 aromatic rings. The van der Waals surface area contributed by atoms with E-state index >= 15 is 0 Å². The molecule has 1 aliphatic carbocycles. The van der Waals surface area contributed by atoms with Crippen LogP contribution in [0.5, 0.6) is 0 Å². The normalized spacial score (nSPS) is 27.6. The Labute approximate surface area is 292 Å². The van der Waals surface area contributed by atoms with Gasteiger partial charge in [0.2, 0.25) is 0 Å². The monoisotopic (exact) mass is 772 g/mol. The first kappa shape index (κ1) is 41.6. The second-order valence-corrected chi connectivity index (χ2v) is 20.6. The number of benzene rings is 1. The van der Waals surface area contributed by atoms with Crippen LogP contribution in [0.3, 0.4) is 0 Å². The van der Waals surface area contributed by atoms with Gasteiger partial charge in [0.1, 0.15) is 0 Å². The molecule has 3 aliphatic rings. The molecule has 0 amide bonds. The van der Waals surface area contributed by atoms with Gasteiger partial charge in [-0.3, -0.25) is 0 Å². The minimum Gasteiger partial charge on any atom is -0.418 e. The van der Waals surface area contributed by atoms with Gasteiger partial charge in [-0.15, -0.1) is 11.3 Å². The van der Waals surface area contributed by atoms with E-state index in [0.717, 1.165) is 46.3 Å². The first-order valence-electron chi connectivity index (χ1n) is 17.0. The van der Waals surface area contributed by atoms with Gasteiger partial charge in [-0.2, -0.15) is 0 Å². The minimum atomic E-state index is -6.00. The molecule has 2 unspecified atom stereocenters. The van der Waals surface area contributed by atoms with Crippen molar-refractivity contribution in [3.8, 4) is 0 Å². The van der Waals surface area contributed by atoms with Crippen LogP contribution in [0.4, 0.5) is 17.3 Å². The summed E-state index contributed by atoms with van der Waals surface area (Å²) < 4.78 is 42.5. The smallest absolute Gasteiger partial charge is 0.418 e. The number of fused-ring (bicyclic) bond motifs is 1. The second-order valence-electron chi connectivity index (χ2n) is 14.1. The molecule has 0 spiro atoms. The van der Waals surface area contributed by atoms with Crippen LogP contribution in [0.25, 0.3) is 10.1 Å². The summed E-state index contributed by atoms with van der Waals surface area (Å²) in [6.07, 6.45) is 19.8. The van der Waals surface area contributed by atoms with E-state index in [0.29, 0.717) is 0 Å². The zero-order valence-corrected chi connectivity index (χ0v) is 32.9. The van der Waals surface area contributed by atoms with E-state index < -0.39 is 7.25 Å². The number of hydrogen-bond acceptors (Lipinski definition) is 1. The first-order valence-corrected chi connectivity index (χ1v) is 20.7. The molecule has 0 nitrogen and oxygen atoms in total. The Bertz CT molecular complexity index is 1060. The SMILES string of the molecule is CC(C)[C@H]1CC[C@@H](C(C)C)P1c1sc2ccccc2c1P1[C@@H](C(C)C)CC[C@H]1C(C)C.F[B-](F)(F)F.[CH]1[CH]CC[CH][CH]CC1.[Rh]. The molecule has 6 atom stereocenters. The number of rotatable bonds is 6. The van der Waals surface area contributed by atoms with Crippen LogP contribution in [0.15, 0.2) is 24.3 Å². The Morgan fingerprint density at radius 2 is 0.933 bits per heavy atom. The van der Waals surface area contributed by atoms with E-state index in [1.165, 1.54) is 51.4 Å². The third-order valence-electron chi connectivity index (χ3n) is 9.40. The molecule has 5 rings (SSSR count). The van der Waals surface area contributed by atoms with Crippen LogP contribution in [-0.4, -0.2) is 29.9 Å². The van der Waals surface area contributed by atoms with Crippen molar-refractivity contribution in [3.63, 3.8) is 0 Å². The molecule has 5 radical (unpaired) electrons. The van der Waals surface area contributed by atoms with Gasteiger partial charge >= 0.3 is 7.25 Å². The average molecular weight is 773 g/mol. The summed E-state index contributed by atoms with van der Waals surface area (Å²) in [7, 11) is -6.17. The maximum atomic E-state index is 9.75. The first-order chi connectivity index (χ1) is 20.7. The summed E-state index contributed by atoms with van der Waals surface area (Å²) in [5.74, 6) is 3.23. The summed E-state index contributed by atoms with van der Waals surface area (Å²) in [4.78, 5) is 0. The minimum absolute atomic E-state index is 0. The predicted octanol–water partition coefficient (Wildman–Crippen LogP) is 12.5. The van der Waals surface area contributed by atoms with Crippen molar-refractivity contribution in [2.24, 2.45) is 23.7 Å². The maximum Gasteiger partial charge on any atom is 0.673 e. The van der Waals surface area contributed by atoms with Gasteiger partial charge in [0, 0.05) is 39.5 Å². The van der Waals surface area contributed by atoms with E-state index in [1.54, 1.807) is 10.1 Å². The molecule has 0 bridgehead atoms. The zero-order chi connectivity index (χ0) is 32.6. The van der Waals surface area contributed by atoms with E-state index in [2.05, 4.69) is 117 Å². The molecular formula is C36H56BF4P2RhS-. The fourth-order valence-corrected chi connectivity index (χ4v) is 18.5. The zero-order valence-electron chi connectivity index (χ0n) is 28.6. The summed E-state index contributed by atoms with van der Waals surface area (Å²) in [6.45, 7) is 20.0. The van der Waals surface area contributed by atoms with Crippen LogP contribution in [-0.2, 0) is 19.5 Å². The predicted molar refractivity (Wildman–Crippen MR) is 194 cm³/mol. The molecule has 2 saturated heterocycles. The van der Waals surface area contributed by atoms with E-state index in [1.807, 2.05) is 9.92 Å². The average Bonchev–Trinajstić information content (AvgIpc) is 3.61. The molecule has 257 valence electrons. The van der Waals surface area contributed by atoms with Gasteiger partial charge in [-0.05, 0) is 129 Å². The summed E-state index contributed by atoms with van der Waals surface area (Å²) >= 11 is 2.22. The van der Waals surface area contributed by atoms with Crippen LogP contribution in [0, 0.1) is 49.4 Å². The molecule has 1 saturated carbocycles. The Kier molecular flexibility index (Phi) is 18.1. The maximum absolute atomic E-state index is 9.75. The third-order valence-corrected chi connectivity index (χ3v) is 19.6. The fraction of sp³-hybridized carbons (Fsp3) is 0.667. The standard InChI is InChI=1S/C28H44P2S.C8H12.BF4.Rh/c1-17(2)22-13-14-23(18(3)4)29(22)27-21-11-9-10-12-26(21)31-28(27)30-24(19(5)6)15-16-25(30)20(7)8;1-2-4-6-8-7-5-3-1;2-1(3,4)5;/h9-12,17-20,22-25H,13-16H2,1-8H3;1-2,7-8H,3-6H2;;/q;;-1;/t22-,23+,24-,25+,29?,30?;;;. The van der Waals surface area contributed by atoms with Crippen LogP contribution >= 0.6 is 27.2 Å². The number of halogens is 4. The quantitative estimate of drug-likeness (QED) is 0.156. The summed E-state index contributed by atoms with van der Waals surface area (Å²) in [5.41, 5.74) is 3.65. The third kappa shape index (κ3) is 12.1. The van der Waals surface area contributed by atoms with E-state index in [9.17, 15) is 17.3 Å². The van der Waals surface area contributed by atoms with Crippen LogP contribution in [0.1, 0.15) is 107 Å². The Hall–Kier alpha value is 0.448. The Balaban J connectivity index is 0.000000421. The Morgan fingerprint density at radius 1 is 0.600 bits per heavy atom. The van der Waals surface area contributed by atoms with Gasteiger partial charge in [0.05, 0.1) is 0 Å².